The van der Waals surface area contributed by atoms with Crippen LogP contribution in [0.2, 0.25) is 0 Å². The Morgan fingerprint density at radius 2 is 1.95 bits per heavy atom. The van der Waals surface area contributed by atoms with Gasteiger partial charge in [0.2, 0.25) is 5.91 Å². The lowest BCUT2D eigenvalue weighted by molar-refractivity contribution is -0.136. The molecule has 0 aromatic heterocycles. The quantitative estimate of drug-likeness (QED) is 0.838. The Morgan fingerprint density at radius 3 is 2.63 bits per heavy atom. The molecule has 1 aliphatic carbocycles. The summed E-state index contributed by atoms with van der Waals surface area (Å²) in [6.45, 7) is 3.33. The molecule has 1 aliphatic heterocycles. The average molecular weight is 267 g/mol. The number of carbonyl (C=O) groups excluding carboxylic acids is 1. The summed E-state index contributed by atoms with van der Waals surface area (Å²) in [6.07, 6.45) is 8.58. The molecule has 0 bridgehead atoms. The van der Waals surface area contributed by atoms with Gasteiger partial charge in [0, 0.05) is 32.6 Å². The maximum atomic E-state index is 12.4. The molecule has 1 heterocycles. The fourth-order valence-corrected chi connectivity index (χ4v) is 3.49. The van der Waals surface area contributed by atoms with Gasteiger partial charge in [-0.25, -0.2) is 0 Å². The number of nitrogens with zero attached hydrogens (tertiary/aromatic N) is 2. The van der Waals surface area contributed by atoms with Gasteiger partial charge in [0.05, 0.1) is 6.04 Å². The highest BCUT2D eigenvalue weighted by Crippen LogP contribution is 2.27. The summed E-state index contributed by atoms with van der Waals surface area (Å²) in [5.74, 6) is 1.12. The fourth-order valence-electron chi connectivity index (χ4n) is 3.49. The molecular formula is C15H29N3O. The van der Waals surface area contributed by atoms with Crippen molar-refractivity contribution < 1.29 is 4.79 Å². The Kier molecular flexibility index (Phi) is 5.64. The lowest BCUT2D eigenvalue weighted by Gasteiger charge is -2.39. The maximum Gasteiger partial charge on any atom is 0.222 e. The number of likely N-dealkylation sites (N-methyl/N-ethyl adjacent to an activating group) is 1. The molecule has 0 spiro atoms. The van der Waals surface area contributed by atoms with Crippen LogP contribution in [0, 0.1) is 5.92 Å². The second-order valence-electron chi connectivity index (χ2n) is 6.28. The van der Waals surface area contributed by atoms with Crippen molar-refractivity contribution in [3.8, 4) is 0 Å². The van der Waals surface area contributed by atoms with Gasteiger partial charge < -0.3 is 15.5 Å². The van der Waals surface area contributed by atoms with E-state index in [2.05, 4.69) is 11.9 Å². The molecule has 1 unspecified atom stereocenters. The molecule has 1 amide bonds. The van der Waals surface area contributed by atoms with Crippen LogP contribution in [0.4, 0.5) is 0 Å². The third kappa shape index (κ3) is 4.18. The second kappa shape index (κ2) is 7.25. The van der Waals surface area contributed by atoms with Crippen LogP contribution in [0.25, 0.3) is 0 Å². The molecule has 1 saturated heterocycles. The first-order chi connectivity index (χ1) is 9.20. The van der Waals surface area contributed by atoms with E-state index in [1.807, 2.05) is 4.90 Å². The predicted molar refractivity (Wildman–Crippen MR) is 77.9 cm³/mol. The first-order valence-corrected chi connectivity index (χ1v) is 7.88. The molecule has 2 fully saturated rings. The van der Waals surface area contributed by atoms with E-state index in [4.69, 9.17) is 5.73 Å². The van der Waals surface area contributed by atoms with E-state index >= 15 is 0 Å². The number of piperazine rings is 1. The molecule has 0 radical (unpaired) electrons. The van der Waals surface area contributed by atoms with Crippen molar-refractivity contribution in [3.63, 3.8) is 0 Å². The van der Waals surface area contributed by atoms with Crippen LogP contribution in [-0.2, 0) is 4.79 Å². The summed E-state index contributed by atoms with van der Waals surface area (Å²) in [4.78, 5) is 16.7. The second-order valence-corrected chi connectivity index (χ2v) is 6.28. The van der Waals surface area contributed by atoms with Crippen molar-refractivity contribution in [2.75, 3.05) is 33.2 Å². The van der Waals surface area contributed by atoms with Gasteiger partial charge in [-0.2, -0.15) is 0 Å². The predicted octanol–water partition coefficient (Wildman–Crippen LogP) is 1.45. The zero-order valence-electron chi connectivity index (χ0n) is 12.3. The minimum atomic E-state index is 0.220. The first kappa shape index (κ1) is 14.8. The van der Waals surface area contributed by atoms with Crippen LogP contribution in [0.5, 0.6) is 0 Å². The summed E-state index contributed by atoms with van der Waals surface area (Å²) >= 11 is 0. The Morgan fingerprint density at radius 1 is 1.21 bits per heavy atom. The van der Waals surface area contributed by atoms with Crippen LogP contribution in [0.1, 0.15) is 44.9 Å². The fraction of sp³-hybridized carbons (Fsp3) is 0.933. The van der Waals surface area contributed by atoms with Gasteiger partial charge in [0.25, 0.3) is 0 Å². The highest BCUT2D eigenvalue weighted by atomic mass is 16.2. The molecule has 19 heavy (non-hydrogen) atoms. The number of amides is 1. The number of rotatable bonds is 4. The molecular weight excluding hydrogens is 238 g/mol. The lowest BCUT2D eigenvalue weighted by atomic mass is 9.86. The first-order valence-electron chi connectivity index (χ1n) is 7.88. The Hall–Kier alpha value is -0.610. The van der Waals surface area contributed by atoms with Gasteiger partial charge in [-0.3, -0.25) is 4.79 Å². The van der Waals surface area contributed by atoms with Crippen LogP contribution in [0.15, 0.2) is 0 Å². The summed E-state index contributed by atoms with van der Waals surface area (Å²) in [7, 11) is 2.10. The summed E-state index contributed by atoms with van der Waals surface area (Å²) in [6, 6.07) is 0.220. The van der Waals surface area contributed by atoms with E-state index in [1.54, 1.807) is 0 Å². The topological polar surface area (TPSA) is 49.6 Å². The summed E-state index contributed by atoms with van der Waals surface area (Å²) in [5, 5.41) is 0. The lowest BCUT2D eigenvalue weighted by Crippen LogP contribution is -2.56. The van der Waals surface area contributed by atoms with Crippen LogP contribution < -0.4 is 5.73 Å². The highest BCUT2D eigenvalue weighted by Gasteiger charge is 2.28. The molecule has 0 aromatic carbocycles. The van der Waals surface area contributed by atoms with Crippen molar-refractivity contribution >= 4 is 5.91 Å². The number of carbonyl (C=O) groups is 1. The molecule has 2 rings (SSSR count). The third-order valence-electron chi connectivity index (χ3n) is 4.77. The Bertz CT molecular complexity index is 289. The smallest absolute Gasteiger partial charge is 0.222 e. The molecule has 4 nitrogen and oxygen atoms in total. The van der Waals surface area contributed by atoms with E-state index in [1.165, 1.54) is 32.1 Å². The van der Waals surface area contributed by atoms with Crippen molar-refractivity contribution in [2.24, 2.45) is 11.7 Å². The van der Waals surface area contributed by atoms with Crippen molar-refractivity contribution in [1.29, 1.82) is 0 Å². The molecule has 0 aromatic rings. The Labute approximate surface area is 117 Å². The number of hydrogen-bond donors (Lipinski definition) is 1. The van der Waals surface area contributed by atoms with Gasteiger partial charge in [-0.1, -0.05) is 32.1 Å². The number of hydrogen-bond acceptors (Lipinski definition) is 3. The van der Waals surface area contributed by atoms with Crippen molar-refractivity contribution in [3.05, 3.63) is 0 Å². The van der Waals surface area contributed by atoms with E-state index in [0.29, 0.717) is 12.5 Å². The molecule has 1 saturated carbocycles. The molecule has 1 atom stereocenters. The van der Waals surface area contributed by atoms with Crippen molar-refractivity contribution in [2.45, 2.75) is 51.0 Å². The summed E-state index contributed by atoms with van der Waals surface area (Å²) < 4.78 is 0. The normalized spacial score (nSPS) is 26.6. The Balaban J connectivity index is 1.77. The SMILES string of the molecule is CN1CCN(C(=O)CCC2CCCCC2)C(CN)C1. The van der Waals surface area contributed by atoms with Crippen LogP contribution >= 0.6 is 0 Å². The van der Waals surface area contributed by atoms with Gasteiger partial charge in [-0.05, 0) is 19.4 Å². The minimum absolute atomic E-state index is 0.220. The molecule has 2 N–H and O–H groups in total. The van der Waals surface area contributed by atoms with E-state index in [-0.39, 0.29) is 6.04 Å². The number of nitrogens with two attached hydrogens (primary N) is 1. The van der Waals surface area contributed by atoms with Gasteiger partial charge in [0.15, 0.2) is 0 Å². The average Bonchev–Trinajstić information content (AvgIpc) is 2.45. The third-order valence-corrected chi connectivity index (χ3v) is 4.77. The van der Waals surface area contributed by atoms with E-state index in [0.717, 1.165) is 38.4 Å². The molecule has 2 aliphatic rings. The minimum Gasteiger partial charge on any atom is -0.336 e. The maximum absolute atomic E-state index is 12.4. The van der Waals surface area contributed by atoms with Gasteiger partial charge in [0.1, 0.15) is 0 Å². The largest absolute Gasteiger partial charge is 0.336 e. The monoisotopic (exact) mass is 267 g/mol. The van der Waals surface area contributed by atoms with Crippen LogP contribution in [0.3, 0.4) is 0 Å². The van der Waals surface area contributed by atoms with E-state index < -0.39 is 0 Å². The van der Waals surface area contributed by atoms with Gasteiger partial charge >= 0.3 is 0 Å². The summed E-state index contributed by atoms with van der Waals surface area (Å²) in [5.41, 5.74) is 5.81. The van der Waals surface area contributed by atoms with Gasteiger partial charge in [-0.15, -0.1) is 0 Å². The van der Waals surface area contributed by atoms with Crippen molar-refractivity contribution in [1.82, 2.24) is 9.80 Å². The van der Waals surface area contributed by atoms with E-state index in [9.17, 15) is 4.79 Å². The molecule has 4 heteroatoms. The zero-order valence-corrected chi connectivity index (χ0v) is 12.3. The van der Waals surface area contributed by atoms with Crippen LogP contribution in [-0.4, -0.2) is 55.0 Å². The molecule has 110 valence electrons. The standard InChI is InChI=1S/C15H29N3O/c1-17-9-10-18(14(11-16)12-17)15(19)8-7-13-5-3-2-4-6-13/h13-14H,2-12,16H2,1H3. The highest BCUT2D eigenvalue weighted by molar-refractivity contribution is 5.76. The zero-order chi connectivity index (χ0) is 13.7.